The summed E-state index contributed by atoms with van der Waals surface area (Å²) in [6, 6.07) is 11.7. The van der Waals surface area contributed by atoms with Crippen molar-refractivity contribution in [2.75, 3.05) is 6.61 Å². The van der Waals surface area contributed by atoms with E-state index in [4.69, 9.17) is 9.47 Å². The highest BCUT2D eigenvalue weighted by Gasteiger charge is 2.27. The van der Waals surface area contributed by atoms with E-state index in [1.165, 1.54) is 0 Å². The lowest BCUT2D eigenvalue weighted by Gasteiger charge is -2.11. The number of ether oxygens (including phenoxy) is 2. The second kappa shape index (κ2) is 4.67. The molecule has 0 aromatic heterocycles. The maximum atomic E-state index is 12.1. The first-order valence-electron chi connectivity index (χ1n) is 6.51. The molecular formula is C16H16O3. The van der Waals surface area contributed by atoms with Crippen LogP contribution in [0.4, 0.5) is 0 Å². The lowest BCUT2D eigenvalue weighted by molar-refractivity contribution is 0.0380. The predicted molar refractivity (Wildman–Crippen MR) is 73.2 cm³/mol. The Bertz CT molecular complexity index is 627. The van der Waals surface area contributed by atoms with Gasteiger partial charge in [-0.1, -0.05) is 30.3 Å². The summed E-state index contributed by atoms with van der Waals surface area (Å²) in [4.78, 5) is 12.1. The fourth-order valence-electron chi connectivity index (χ4n) is 2.29. The van der Waals surface area contributed by atoms with Crippen molar-refractivity contribution >= 4 is 16.7 Å². The summed E-state index contributed by atoms with van der Waals surface area (Å²) >= 11 is 0. The predicted octanol–water partition coefficient (Wildman–Crippen LogP) is 3.48. The number of carbonyl (C=O) groups excluding carboxylic acids is 1. The average molecular weight is 256 g/mol. The standard InChI is InChI=1S/C16H16O3/c1-10(2)19-16(17)14-8-7-13(15-9-18-15)11-5-3-4-6-12(11)14/h3-8,10,15H,9H2,1-2H3. The number of fused-ring (bicyclic) bond motifs is 1. The van der Waals surface area contributed by atoms with Crippen LogP contribution in [0, 0.1) is 0 Å². The molecule has 0 aliphatic carbocycles. The van der Waals surface area contributed by atoms with E-state index in [1.807, 2.05) is 50.2 Å². The topological polar surface area (TPSA) is 38.8 Å². The summed E-state index contributed by atoms with van der Waals surface area (Å²) in [6.07, 6.45) is 0.0674. The van der Waals surface area contributed by atoms with Crippen molar-refractivity contribution in [3.8, 4) is 0 Å². The van der Waals surface area contributed by atoms with Crippen molar-refractivity contribution < 1.29 is 14.3 Å². The summed E-state index contributed by atoms with van der Waals surface area (Å²) in [5.74, 6) is -0.269. The summed E-state index contributed by atoms with van der Waals surface area (Å²) in [6.45, 7) is 4.47. The van der Waals surface area contributed by atoms with Gasteiger partial charge in [0.1, 0.15) is 6.10 Å². The molecule has 1 aliphatic heterocycles. The Hall–Kier alpha value is -1.87. The Morgan fingerprint density at radius 2 is 1.89 bits per heavy atom. The van der Waals surface area contributed by atoms with E-state index in [2.05, 4.69) is 0 Å². The van der Waals surface area contributed by atoms with Crippen LogP contribution in [0.1, 0.15) is 35.9 Å². The van der Waals surface area contributed by atoms with Gasteiger partial charge in [-0.2, -0.15) is 0 Å². The average Bonchev–Trinajstić information content (AvgIpc) is 3.20. The van der Waals surface area contributed by atoms with Crippen molar-refractivity contribution in [2.45, 2.75) is 26.1 Å². The van der Waals surface area contributed by atoms with Gasteiger partial charge in [-0.15, -0.1) is 0 Å². The zero-order chi connectivity index (χ0) is 13.4. The Balaban J connectivity index is 2.11. The summed E-state index contributed by atoms with van der Waals surface area (Å²) in [5.41, 5.74) is 1.77. The summed E-state index contributed by atoms with van der Waals surface area (Å²) in [5, 5.41) is 2.00. The van der Waals surface area contributed by atoms with Gasteiger partial charge in [0.2, 0.25) is 0 Å². The molecule has 19 heavy (non-hydrogen) atoms. The van der Waals surface area contributed by atoms with Gasteiger partial charge in [0.15, 0.2) is 0 Å². The SMILES string of the molecule is CC(C)OC(=O)c1ccc(C2CO2)c2ccccc12. The number of epoxide rings is 1. The van der Waals surface area contributed by atoms with E-state index < -0.39 is 0 Å². The molecule has 3 nitrogen and oxygen atoms in total. The lowest BCUT2D eigenvalue weighted by Crippen LogP contribution is -2.12. The minimum atomic E-state index is -0.269. The normalized spacial score (nSPS) is 17.7. The molecule has 3 heteroatoms. The van der Waals surface area contributed by atoms with Gasteiger partial charge in [-0.05, 0) is 36.2 Å². The number of hydrogen-bond donors (Lipinski definition) is 0. The van der Waals surface area contributed by atoms with E-state index in [0.717, 1.165) is 22.9 Å². The van der Waals surface area contributed by atoms with Gasteiger partial charge < -0.3 is 9.47 Å². The van der Waals surface area contributed by atoms with Crippen molar-refractivity contribution in [1.82, 2.24) is 0 Å². The fourth-order valence-corrected chi connectivity index (χ4v) is 2.29. The third kappa shape index (κ3) is 2.34. The van der Waals surface area contributed by atoms with Gasteiger partial charge in [-0.25, -0.2) is 4.79 Å². The molecule has 2 aromatic carbocycles. The van der Waals surface area contributed by atoms with Crippen LogP contribution < -0.4 is 0 Å². The second-order valence-electron chi connectivity index (χ2n) is 5.02. The van der Waals surface area contributed by atoms with Crippen LogP contribution in [0.2, 0.25) is 0 Å². The van der Waals surface area contributed by atoms with Crippen LogP contribution in [-0.2, 0) is 9.47 Å². The third-order valence-corrected chi connectivity index (χ3v) is 3.20. The number of hydrogen-bond acceptors (Lipinski definition) is 3. The second-order valence-corrected chi connectivity index (χ2v) is 5.02. The number of rotatable bonds is 3. The zero-order valence-corrected chi connectivity index (χ0v) is 11.1. The first kappa shape index (κ1) is 12.2. The zero-order valence-electron chi connectivity index (χ0n) is 11.1. The summed E-state index contributed by atoms with van der Waals surface area (Å²) in [7, 11) is 0. The Morgan fingerprint density at radius 1 is 1.21 bits per heavy atom. The summed E-state index contributed by atoms with van der Waals surface area (Å²) < 4.78 is 10.6. The third-order valence-electron chi connectivity index (χ3n) is 3.20. The molecule has 0 radical (unpaired) electrons. The Labute approximate surface area is 112 Å². The highest BCUT2D eigenvalue weighted by atomic mass is 16.6. The van der Waals surface area contributed by atoms with Crippen LogP contribution in [0.25, 0.3) is 10.8 Å². The minimum Gasteiger partial charge on any atom is -0.459 e. The maximum absolute atomic E-state index is 12.1. The highest BCUT2D eigenvalue weighted by Crippen LogP contribution is 2.36. The molecule has 0 saturated carbocycles. The molecule has 3 rings (SSSR count). The van der Waals surface area contributed by atoms with Gasteiger partial charge in [0.05, 0.1) is 18.3 Å². The van der Waals surface area contributed by atoms with Crippen molar-refractivity contribution in [3.63, 3.8) is 0 Å². The maximum Gasteiger partial charge on any atom is 0.339 e. The quantitative estimate of drug-likeness (QED) is 0.623. The number of esters is 1. The van der Waals surface area contributed by atoms with E-state index in [-0.39, 0.29) is 18.2 Å². The largest absolute Gasteiger partial charge is 0.459 e. The molecule has 0 amide bonds. The molecule has 1 unspecified atom stereocenters. The highest BCUT2D eigenvalue weighted by molar-refractivity contribution is 6.05. The molecule has 1 atom stereocenters. The molecule has 98 valence electrons. The van der Waals surface area contributed by atoms with Crippen LogP contribution >= 0.6 is 0 Å². The number of carbonyl (C=O) groups is 1. The molecule has 1 fully saturated rings. The fraction of sp³-hybridized carbons (Fsp3) is 0.312. The van der Waals surface area contributed by atoms with Gasteiger partial charge in [0.25, 0.3) is 0 Å². The molecule has 0 spiro atoms. The first-order chi connectivity index (χ1) is 9.16. The van der Waals surface area contributed by atoms with Crippen LogP contribution in [0.3, 0.4) is 0 Å². The smallest absolute Gasteiger partial charge is 0.339 e. The monoisotopic (exact) mass is 256 g/mol. The first-order valence-corrected chi connectivity index (χ1v) is 6.51. The Morgan fingerprint density at radius 3 is 2.53 bits per heavy atom. The van der Waals surface area contributed by atoms with E-state index >= 15 is 0 Å². The lowest BCUT2D eigenvalue weighted by atomic mass is 9.98. The van der Waals surface area contributed by atoms with E-state index in [1.54, 1.807) is 0 Å². The van der Waals surface area contributed by atoms with Crippen LogP contribution in [-0.4, -0.2) is 18.7 Å². The van der Waals surface area contributed by atoms with Gasteiger partial charge >= 0.3 is 5.97 Å². The van der Waals surface area contributed by atoms with E-state index in [0.29, 0.717) is 5.56 Å². The van der Waals surface area contributed by atoms with Crippen molar-refractivity contribution in [1.29, 1.82) is 0 Å². The van der Waals surface area contributed by atoms with Crippen LogP contribution in [0.5, 0.6) is 0 Å². The number of benzene rings is 2. The molecular weight excluding hydrogens is 240 g/mol. The molecule has 1 saturated heterocycles. The molecule has 0 N–H and O–H groups in total. The van der Waals surface area contributed by atoms with Gasteiger partial charge in [0, 0.05) is 0 Å². The molecule has 1 aliphatic rings. The van der Waals surface area contributed by atoms with Crippen molar-refractivity contribution in [3.05, 3.63) is 47.5 Å². The minimum absolute atomic E-state index is 0.113. The molecule has 1 heterocycles. The molecule has 2 aromatic rings. The van der Waals surface area contributed by atoms with E-state index in [9.17, 15) is 4.79 Å². The van der Waals surface area contributed by atoms with Crippen LogP contribution in [0.15, 0.2) is 36.4 Å². The molecule has 0 bridgehead atoms. The van der Waals surface area contributed by atoms with Gasteiger partial charge in [-0.3, -0.25) is 0 Å². The van der Waals surface area contributed by atoms with Crippen molar-refractivity contribution in [2.24, 2.45) is 0 Å². The Kier molecular flexibility index (Phi) is 2.99.